The number of rotatable bonds is 11. The summed E-state index contributed by atoms with van der Waals surface area (Å²) in [7, 11) is -4.10. The van der Waals surface area contributed by atoms with E-state index >= 15 is 0 Å². The number of hydrogen-bond acceptors (Lipinski definition) is 4. The molecule has 0 bridgehead atoms. The zero-order valence-electron chi connectivity index (χ0n) is 24.6. The van der Waals surface area contributed by atoms with Crippen molar-refractivity contribution in [2.24, 2.45) is 0 Å². The minimum atomic E-state index is -4.10. The topological polar surface area (TPSA) is 86.8 Å². The summed E-state index contributed by atoms with van der Waals surface area (Å²) in [4.78, 5) is 29.0. The number of hydrogen-bond donors (Lipinski definition) is 1. The number of anilines is 1. The van der Waals surface area contributed by atoms with Crippen LogP contribution in [0.15, 0.2) is 71.6 Å². The van der Waals surface area contributed by atoms with Crippen LogP contribution in [0.25, 0.3) is 0 Å². The quantitative estimate of drug-likeness (QED) is 0.336. The molecule has 0 saturated carbocycles. The van der Waals surface area contributed by atoms with E-state index in [0.29, 0.717) is 12.1 Å². The first-order valence-corrected chi connectivity index (χ1v) is 15.1. The van der Waals surface area contributed by atoms with Gasteiger partial charge in [0.25, 0.3) is 10.0 Å². The summed E-state index contributed by atoms with van der Waals surface area (Å²) in [5.74, 6) is -0.722. The highest BCUT2D eigenvalue weighted by Crippen LogP contribution is 2.29. The van der Waals surface area contributed by atoms with Gasteiger partial charge in [0, 0.05) is 12.6 Å². The van der Waals surface area contributed by atoms with Crippen molar-refractivity contribution in [1.29, 1.82) is 0 Å². The maximum Gasteiger partial charge on any atom is 0.264 e. The van der Waals surface area contributed by atoms with Crippen LogP contribution >= 0.6 is 0 Å². The van der Waals surface area contributed by atoms with Crippen LogP contribution < -0.4 is 9.62 Å². The van der Waals surface area contributed by atoms with E-state index in [0.717, 1.165) is 27.8 Å². The van der Waals surface area contributed by atoms with Crippen LogP contribution in [0.2, 0.25) is 0 Å². The largest absolute Gasteiger partial charge is 0.352 e. The summed E-state index contributed by atoms with van der Waals surface area (Å²) in [6.45, 7) is 12.9. The van der Waals surface area contributed by atoms with E-state index in [1.54, 1.807) is 30.3 Å². The smallest absolute Gasteiger partial charge is 0.264 e. The molecular formula is C32H41N3O4S. The fourth-order valence-electron chi connectivity index (χ4n) is 4.53. The van der Waals surface area contributed by atoms with Crippen molar-refractivity contribution in [3.8, 4) is 0 Å². The van der Waals surface area contributed by atoms with Crippen molar-refractivity contribution < 1.29 is 18.0 Å². The lowest BCUT2D eigenvalue weighted by Gasteiger charge is -2.34. The predicted molar refractivity (Wildman–Crippen MR) is 161 cm³/mol. The molecule has 1 unspecified atom stereocenters. The van der Waals surface area contributed by atoms with Gasteiger partial charge in [0.05, 0.1) is 10.6 Å². The Bertz CT molecular complexity index is 1430. The third-order valence-electron chi connectivity index (χ3n) is 6.81. The van der Waals surface area contributed by atoms with Gasteiger partial charge in [0.2, 0.25) is 11.8 Å². The first-order valence-electron chi connectivity index (χ1n) is 13.7. The van der Waals surface area contributed by atoms with Crippen molar-refractivity contribution in [2.45, 2.75) is 78.4 Å². The third-order valence-corrected chi connectivity index (χ3v) is 8.59. The van der Waals surface area contributed by atoms with Crippen LogP contribution in [-0.4, -0.2) is 43.8 Å². The molecule has 214 valence electrons. The zero-order chi connectivity index (χ0) is 29.6. The zero-order valence-corrected chi connectivity index (χ0v) is 25.4. The van der Waals surface area contributed by atoms with Gasteiger partial charge in [-0.1, -0.05) is 66.6 Å². The molecule has 0 aliphatic carbocycles. The van der Waals surface area contributed by atoms with Crippen LogP contribution in [0, 0.1) is 27.7 Å². The normalized spacial score (nSPS) is 12.2. The molecule has 1 atom stereocenters. The van der Waals surface area contributed by atoms with Crippen molar-refractivity contribution in [2.75, 3.05) is 10.8 Å². The monoisotopic (exact) mass is 563 g/mol. The minimum absolute atomic E-state index is 0.0986. The molecule has 0 fully saturated rings. The Morgan fingerprint density at radius 2 is 1.38 bits per heavy atom. The molecular weight excluding hydrogens is 522 g/mol. The van der Waals surface area contributed by atoms with Crippen molar-refractivity contribution in [3.05, 3.63) is 94.5 Å². The number of aryl methyl sites for hydroxylation is 4. The fourth-order valence-corrected chi connectivity index (χ4v) is 6.00. The summed E-state index contributed by atoms with van der Waals surface area (Å²) in [6.07, 6.45) is 0.379. The number of nitrogens with zero attached hydrogens (tertiary/aromatic N) is 2. The molecule has 8 heteroatoms. The molecule has 3 rings (SSSR count). The Balaban J connectivity index is 2.10. The Morgan fingerprint density at radius 1 is 0.825 bits per heavy atom. The number of nitrogens with one attached hydrogen (secondary N) is 1. The van der Waals surface area contributed by atoms with Crippen LogP contribution in [0.3, 0.4) is 0 Å². The first-order chi connectivity index (χ1) is 18.8. The van der Waals surface area contributed by atoms with Gasteiger partial charge in [-0.15, -0.1) is 0 Å². The van der Waals surface area contributed by atoms with E-state index in [1.165, 1.54) is 9.21 Å². The first kappa shape index (κ1) is 30.9. The van der Waals surface area contributed by atoms with Crippen LogP contribution in [0.1, 0.15) is 55.0 Å². The Morgan fingerprint density at radius 3 is 1.93 bits per heavy atom. The highest BCUT2D eigenvalue weighted by Gasteiger charge is 2.34. The van der Waals surface area contributed by atoms with E-state index in [2.05, 4.69) is 5.32 Å². The second kappa shape index (κ2) is 13.1. The Hall–Kier alpha value is -3.65. The van der Waals surface area contributed by atoms with Crippen molar-refractivity contribution in [1.82, 2.24) is 10.2 Å². The summed E-state index contributed by atoms with van der Waals surface area (Å²) < 4.78 is 29.3. The van der Waals surface area contributed by atoms with Gasteiger partial charge in [-0.2, -0.15) is 0 Å². The molecule has 0 spiro atoms. The molecule has 0 radical (unpaired) electrons. The van der Waals surface area contributed by atoms with Gasteiger partial charge >= 0.3 is 0 Å². The van der Waals surface area contributed by atoms with Crippen molar-refractivity contribution in [3.63, 3.8) is 0 Å². The number of carbonyl (C=O) groups excluding carboxylic acids is 2. The predicted octanol–water partition coefficient (Wildman–Crippen LogP) is 5.45. The maximum atomic E-state index is 14.2. The molecule has 7 nitrogen and oxygen atoms in total. The van der Waals surface area contributed by atoms with E-state index in [4.69, 9.17) is 0 Å². The van der Waals surface area contributed by atoms with E-state index in [9.17, 15) is 18.0 Å². The van der Waals surface area contributed by atoms with Gasteiger partial charge in [0.15, 0.2) is 0 Å². The second-order valence-corrected chi connectivity index (χ2v) is 12.6. The van der Waals surface area contributed by atoms with E-state index < -0.39 is 28.5 Å². The molecule has 0 saturated heterocycles. The maximum absolute atomic E-state index is 14.2. The summed E-state index contributed by atoms with van der Waals surface area (Å²) in [5.41, 5.74) is 4.90. The van der Waals surface area contributed by atoms with Crippen LogP contribution in [0.4, 0.5) is 5.69 Å². The molecule has 40 heavy (non-hydrogen) atoms. The number of carbonyl (C=O) groups is 2. The average Bonchev–Trinajstić information content (AvgIpc) is 2.89. The lowest BCUT2D eigenvalue weighted by molar-refractivity contribution is -0.140. The van der Waals surface area contributed by atoms with Gasteiger partial charge in [-0.3, -0.25) is 13.9 Å². The Labute approximate surface area is 239 Å². The standard InChI is InChI=1S/C32H41N3O4S/c1-8-29(32(37)33-22(2)3)34(20-27-15-10-23(4)11-16-27)31(36)21-35(30-19-25(6)9-14-26(30)7)40(38,39)28-17-12-24(5)13-18-28/h9-19,22,29H,8,20-21H2,1-7H3,(H,33,37). The lowest BCUT2D eigenvalue weighted by Crippen LogP contribution is -2.53. The fraction of sp³-hybridized carbons (Fsp3) is 0.375. The van der Waals surface area contributed by atoms with Crippen LogP contribution in [0.5, 0.6) is 0 Å². The van der Waals surface area contributed by atoms with Gasteiger partial charge in [-0.05, 0) is 82.9 Å². The minimum Gasteiger partial charge on any atom is -0.352 e. The highest BCUT2D eigenvalue weighted by atomic mass is 32.2. The highest BCUT2D eigenvalue weighted by molar-refractivity contribution is 7.92. The van der Waals surface area contributed by atoms with Gasteiger partial charge < -0.3 is 10.2 Å². The van der Waals surface area contributed by atoms with Gasteiger partial charge in [-0.25, -0.2) is 8.42 Å². The second-order valence-electron chi connectivity index (χ2n) is 10.7. The average molecular weight is 564 g/mol. The third kappa shape index (κ3) is 7.50. The number of amides is 2. The summed E-state index contributed by atoms with van der Waals surface area (Å²) in [5, 5.41) is 2.92. The number of sulfonamides is 1. The molecule has 2 amide bonds. The molecule has 0 heterocycles. The summed E-state index contributed by atoms with van der Waals surface area (Å²) in [6, 6.07) is 19.0. The van der Waals surface area contributed by atoms with E-state index in [-0.39, 0.29) is 23.4 Å². The lowest BCUT2D eigenvalue weighted by atomic mass is 10.1. The molecule has 1 N–H and O–H groups in total. The molecule has 0 aliphatic heterocycles. The van der Waals surface area contributed by atoms with Gasteiger partial charge in [0.1, 0.15) is 12.6 Å². The summed E-state index contributed by atoms with van der Waals surface area (Å²) >= 11 is 0. The Kier molecular flexibility index (Phi) is 10.1. The molecule has 3 aromatic rings. The van der Waals surface area contributed by atoms with Crippen molar-refractivity contribution >= 4 is 27.5 Å². The number of benzene rings is 3. The van der Waals surface area contributed by atoms with E-state index in [1.807, 2.05) is 84.9 Å². The SMILES string of the molecule is CCC(C(=O)NC(C)C)N(Cc1ccc(C)cc1)C(=O)CN(c1cc(C)ccc1C)S(=O)(=O)c1ccc(C)cc1. The molecule has 0 aliphatic rings. The molecule has 3 aromatic carbocycles. The molecule has 0 aromatic heterocycles. The van der Waals surface area contributed by atoms with Crippen LogP contribution in [-0.2, 0) is 26.2 Å².